The summed E-state index contributed by atoms with van der Waals surface area (Å²) in [5.41, 5.74) is 0.948. The molecule has 1 saturated heterocycles. The number of pyridine rings is 1. The van der Waals surface area contributed by atoms with Crippen LogP contribution in [0.4, 0.5) is 5.69 Å². The molecule has 1 aliphatic heterocycles. The van der Waals surface area contributed by atoms with Crippen LogP contribution in [-0.4, -0.2) is 21.9 Å². The third-order valence-corrected chi connectivity index (χ3v) is 3.56. The number of rotatable bonds is 1. The molecule has 15 heavy (non-hydrogen) atoms. The van der Waals surface area contributed by atoms with Crippen LogP contribution >= 0.6 is 23.4 Å². The third-order valence-electron chi connectivity index (χ3n) is 2.42. The van der Waals surface area contributed by atoms with Gasteiger partial charge in [0.25, 0.3) is 0 Å². The number of aromatic nitrogens is 1. The van der Waals surface area contributed by atoms with Gasteiger partial charge in [0, 0.05) is 11.8 Å². The van der Waals surface area contributed by atoms with Gasteiger partial charge in [-0.2, -0.15) is 0 Å². The maximum Gasteiger partial charge on any atom is 0.161 e. The fraction of sp³-hybridized carbons (Fsp3) is 0.400. The van der Waals surface area contributed by atoms with Crippen molar-refractivity contribution in [1.29, 1.82) is 5.41 Å². The summed E-state index contributed by atoms with van der Waals surface area (Å²) in [6.45, 7) is 2.13. The number of nitrogens with zero attached hydrogens (tertiary/aromatic N) is 2. The fourth-order valence-electron chi connectivity index (χ4n) is 1.61. The Balaban J connectivity index is 2.27. The molecule has 0 amide bonds. The maximum absolute atomic E-state index is 7.90. The summed E-state index contributed by atoms with van der Waals surface area (Å²) >= 11 is 7.31. The lowest BCUT2D eigenvalue weighted by molar-refractivity contribution is 0.700. The topological polar surface area (TPSA) is 40.0 Å². The molecule has 1 atom stereocenters. The van der Waals surface area contributed by atoms with Crippen LogP contribution in [0.2, 0.25) is 5.15 Å². The van der Waals surface area contributed by atoms with Crippen LogP contribution < -0.4 is 4.90 Å². The summed E-state index contributed by atoms with van der Waals surface area (Å²) in [5.74, 6) is 1.03. The molecule has 0 aromatic carbocycles. The van der Waals surface area contributed by atoms with E-state index < -0.39 is 0 Å². The van der Waals surface area contributed by atoms with Gasteiger partial charge in [0.1, 0.15) is 5.15 Å². The molecule has 3 nitrogen and oxygen atoms in total. The maximum atomic E-state index is 7.90. The van der Waals surface area contributed by atoms with Crippen LogP contribution in [0, 0.1) is 5.41 Å². The molecule has 0 bridgehead atoms. The Hall–Kier alpha value is -0.740. The number of amidine groups is 1. The third kappa shape index (κ3) is 2.26. The number of anilines is 1. The van der Waals surface area contributed by atoms with Gasteiger partial charge in [-0.15, -0.1) is 0 Å². The predicted molar refractivity (Wildman–Crippen MR) is 66.0 cm³/mol. The van der Waals surface area contributed by atoms with Crippen LogP contribution in [0.1, 0.15) is 13.3 Å². The SMILES string of the molecule is CC1CCSC(=N)N1c1ccc(Cl)nc1. The highest BCUT2D eigenvalue weighted by molar-refractivity contribution is 8.14. The van der Waals surface area contributed by atoms with E-state index in [9.17, 15) is 0 Å². The van der Waals surface area contributed by atoms with Gasteiger partial charge in [0.2, 0.25) is 0 Å². The van der Waals surface area contributed by atoms with Gasteiger partial charge in [-0.05, 0) is 25.5 Å². The lowest BCUT2D eigenvalue weighted by atomic mass is 10.2. The van der Waals surface area contributed by atoms with Crippen LogP contribution in [0.3, 0.4) is 0 Å². The number of hydrogen-bond acceptors (Lipinski definition) is 3. The number of nitrogens with one attached hydrogen (secondary N) is 1. The largest absolute Gasteiger partial charge is 0.317 e. The van der Waals surface area contributed by atoms with Crippen LogP contribution in [0.15, 0.2) is 18.3 Å². The second kappa shape index (κ2) is 4.41. The van der Waals surface area contributed by atoms with Crippen molar-refractivity contribution in [2.45, 2.75) is 19.4 Å². The van der Waals surface area contributed by atoms with Gasteiger partial charge >= 0.3 is 0 Å². The molecule has 1 aromatic rings. The molecule has 1 N–H and O–H groups in total. The Kier molecular flexibility index (Phi) is 3.17. The lowest BCUT2D eigenvalue weighted by Crippen LogP contribution is -2.40. The molecule has 1 unspecified atom stereocenters. The van der Waals surface area contributed by atoms with Gasteiger partial charge in [0.15, 0.2) is 5.17 Å². The Morgan fingerprint density at radius 2 is 2.40 bits per heavy atom. The van der Waals surface area contributed by atoms with E-state index in [4.69, 9.17) is 17.0 Å². The van der Waals surface area contributed by atoms with Crippen molar-refractivity contribution in [3.8, 4) is 0 Å². The zero-order valence-electron chi connectivity index (χ0n) is 8.40. The molecular weight excluding hydrogens is 230 g/mol. The first-order chi connectivity index (χ1) is 7.18. The summed E-state index contributed by atoms with van der Waals surface area (Å²) in [6, 6.07) is 4.03. The summed E-state index contributed by atoms with van der Waals surface area (Å²) in [4.78, 5) is 6.04. The Labute approximate surface area is 98.3 Å². The summed E-state index contributed by atoms with van der Waals surface area (Å²) in [7, 11) is 0. The van der Waals surface area contributed by atoms with Crippen molar-refractivity contribution in [2.75, 3.05) is 10.7 Å². The second-order valence-corrected chi connectivity index (χ2v) is 4.97. The number of thioether (sulfide) groups is 1. The van der Waals surface area contributed by atoms with E-state index in [0.29, 0.717) is 16.4 Å². The average molecular weight is 242 g/mol. The first-order valence-electron chi connectivity index (χ1n) is 4.80. The Morgan fingerprint density at radius 3 is 3.00 bits per heavy atom. The van der Waals surface area contributed by atoms with E-state index in [-0.39, 0.29) is 0 Å². The van der Waals surface area contributed by atoms with E-state index in [1.165, 1.54) is 0 Å². The minimum Gasteiger partial charge on any atom is -0.317 e. The summed E-state index contributed by atoms with van der Waals surface area (Å²) in [6.07, 6.45) is 2.81. The van der Waals surface area contributed by atoms with Crippen molar-refractivity contribution in [2.24, 2.45) is 0 Å². The molecule has 0 saturated carbocycles. The molecule has 2 rings (SSSR count). The van der Waals surface area contributed by atoms with Gasteiger partial charge in [-0.1, -0.05) is 23.4 Å². The average Bonchev–Trinajstić information content (AvgIpc) is 2.20. The predicted octanol–water partition coefficient (Wildman–Crippen LogP) is 3.00. The highest BCUT2D eigenvalue weighted by Crippen LogP contribution is 2.28. The fourth-order valence-corrected chi connectivity index (χ4v) is 2.80. The standard InChI is InChI=1S/C10H12ClN3S/c1-7-4-5-15-10(12)14(7)8-2-3-9(11)13-6-8/h2-3,6-7,12H,4-5H2,1H3. The van der Waals surface area contributed by atoms with Crippen LogP contribution in [0.25, 0.3) is 0 Å². The van der Waals surface area contributed by atoms with Crippen LogP contribution in [0.5, 0.6) is 0 Å². The van der Waals surface area contributed by atoms with E-state index in [1.54, 1.807) is 24.0 Å². The molecule has 80 valence electrons. The first kappa shape index (κ1) is 10.8. The lowest BCUT2D eigenvalue weighted by Gasteiger charge is -2.34. The second-order valence-electron chi connectivity index (χ2n) is 3.50. The quantitative estimate of drug-likeness (QED) is 0.769. The molecule has 5 heteroatoms. The van der Waals surface area contributed by atoms with E-state index in [1.807, 2.05) is 11.0 Å². The van der Waals surface area contributed by atoms with Crippen LogP contribution in [-0.2, 0) is 0 Å². The monoisotopic (exact) mass is 241 g/mol. The molecule has 1 fully saturated rings. The van der Waals surface area contributed by atoms with E-state index in [2.05, 4.69) is 11.9 Å². The smallest absolute Gasteiger partial charge is 0.161 e. The molecule has 2 heterocycles. The Bertz CT molecular complexity index is 365. The first-order valence-corrected chi connectivity index (χ1v) is 6.17. The molecule has 0 spiro atoms. The minimum atomic E-state index is 0.363. The molecule has 0 radical (unpaired) electrons. The van der Waals surface area contributed by atoms with Crippen molar-refractivity contribution >= 4 is 34.2 Å². The number of halogens is 1. The zero-order valence-corrected chi connectivity index (χ0v) is 9.98. The van der Waals surface area contributed by atoms with Gasteiger partial charge < -0.3 is 4.90 Å². The molecular formula is C10H12ClN3S. The van der Waals surface area contributed by atoms with Crippen molar-refractivity contribution in [1.82, 2.24) is 4.98 Å². The van der Waals surface area contributed by atoms with E-state index in [0.717, 1.165) is 17.9 Å². The molecule has 1 aromatic heterocycles. The zero-order chi connectivity index (χ0) is 10.8. The highest BCUT2D eigenvalue weighted by atomic mass is 35.5. The van der Waals surface area contributed by atoms with Gasteiger partial charge in [-0.25, -0.2) is 4.98 Å². The highest BCUT2D eigenvalue weighted by Gasteiger charge is 2.24. The Morgan fingerprint density at radius 1 is 1.60 bits per heavy atom. The normalized spacial score (nSPS) is 21.9. The molecule has 1 aliphatic rings. The number of hydrogen-bond donors (Lipinski definition) is 1. The van der Waals surface area contributed by atoms with Crippen molar-refractivity contribution in [3.05, 3.63) is 23.5 Å². The van der Waals surface area contributed by atoms with Gasteiger partial charge in [-0.3, -0.25) is 5.41 Å². The van der Waals surface area contributed by atoms with Crippen molar-refractivity contribution in [3.63, 3.8) is 0 Å². The van der Waals surface area contributed by atoms with E-state index >= 15 is 0 Å². The molecule has 0 aliphatic carbocycles. The summed E-state index contributed by atoms with van der Waals surface area (Å²) in [5, 5.41) is 8.98. The summed E-state index contributed by atoms with van der Waals surface area (Å²) < 4.78 is 0. The van der Waals surface area contributed by atoms with Crippen molar-refractivity contribution < 1.29 is 0 Å². The van der Waals surface area contributed by atoms with Gasteiger partial charge in [0.05, 0.1) is 11.9 Å². The minimum absolute atomic E-state index is 0.363.